The predicted octanol–water partition coefficient (Wildman–Crippen LogP) is 4.31. The van der Waals surface area contributed by atoms with Crippen LogP contribution in [0, 0.1) is 0 Å². The third kappa shape index (κ3) is 4.81. The molecule has 1 aliphatic heterocycles. The van der Waals surface area contributed by atoms with Gasteiger partial charge in [0, 0.05) is 11.3 Å². The van der Waals surface area contributed by atoms with Crippen molar-refractivity contribution in [3.8, 4) is 11.1 Å². The van der Waals surface area contributed by atoms with E-state index >= 15 is 0 Å². The highest BCUT2D eigenvalue weighted by molar-refractivity contribution is 6.34. The van der Waals surface area contributed by atoms with Crippen molar-refractivity contribution in [2.75, 3.05) is 18.1 Å². The van der Waals surface area contributed by atoms with Crippen LogP contribution in [-0.2, 0) is 19.1 Å². The molecule has 1 unspecified atom stereocenters. The van der Waals surface area contributed by atoms with Gasteiger partial charge in [-0.1, -0.05) is 55.3 Å². The predicted molar refractivity (Wildman–Crippen MR) is 121 cm³/mol. The number of morpholine rings is 1. The molecule has 0 saturated carbocycles. The van der Waals surface area contributed by atoms with Gasteiger partial charge >= 0.3 is 0 Å². The highest BCUT2D eigenvalue weighted by Crippen LogP contribution is 2.37. The number of hydrogen-bond donors (Lipinski definition) is 1. The fraction of sp³-hybridized carbons (Fsp3) is 0.375. The summed E-state index contributed by atoms with van der Waals surface area (Å²) in [6, 6.07) is 13.2. The minimum absolute atomic E-state index is 0.0702. The normalized spacial score (nSPS) is 16.6. The van der Waals surface area contributed by atoms with Gasteiger partial charge in [-0.25, -0.2) is 0 Å². The molecule has 0 aromatic heterocycles. The average Bonchev–Trinajstić information content (AvgIpc) is 2.72. The summed E-state index contributed by atoms with van der Waals surface area (Å²) in [5.41, 5.74) is 2.71. The second-order valence-corrected chi connectivity index (χ2v) is 8.64. The Morgan fingerprint density at radius 2 is 1.97 bits per heavy atom. The Morgan fingerprint density at radius 3 is 2.58 bits per heavy atom. The molecule has 1 atom stereocenters. The van der Waals surface area contributed by atoms with E-state index in [2.05, 4.69) is 5.32 Å². The van der Waals surface area contributed by atoms with Crippen molar-refractivity contribution in [3.05, 3.63) is 53.1 Å². The van der Waals surface area contributed by atoms with Gasteiger partial charge < -0.3 is 9.64 Å². The molecule has 3 amide bonds. The van der Waals surface area contributed by atoms with E-state index in [0.29, 0.717) is 30.0 Å². The summed E-state index contributed by atoms with van der Waals surface area (Å²) in [7, 11) is 0. The van der Waals surface area contributed by atoms with Crippen LogP contribution >= 0.6 is 11.6 Å². The number of ether oxygens (including phenoxy) is 1. The molecule has 2 aromatic rings. The molecule has 1 saturated heterocycles. The van der Waals surface area contributed by atoms with E-state index in [4.69, 9.17) is 16.3 Å². The molecule has 2 aromatic carbocycles. The number of amides is 3. The molecule has 0 spiro atoms. The molecular weight excluding hydrogens is 416 g/mol. The zero-order chi connectivity index (χ0) is 22.6. The number of benzene rings is 2. The third-order valence-corrected chi connectivity index (χ3v) is 5.89. The van der Waals surface area contributed by atoms with E-state index in [1.165, 1.54) is 0 Å². The summed E-state index contributed by atoms with van der Waals surface area (Å²) in [6.07, 6.45) is 1.75. The van der Waals surface area contributed by atoms with Crippen molar-refractivity contribution < 1.29 is 19.1 Å². The second kappa shape index (κ2) is 9.62. The minimum atomic E-state index is -0.506. The first kappa shape index (κ1) is 23.0. The van der Waals surface area contributed by atoms with Gasteiger partial charge in [0.2, 0.25) is 12.3 Å². The summed E-state index contributed by atoms with van der Waals surface area (Å²) in [6.45, 7) is 6.45. The quantitative estimate of drug-likeness (QED) is 0.648. The van der Waals surface area contributed by atoms with Crippen molar-refractivity contribution in [1.82, 2.24) is 5.32 Å². The Hall–Kier alpha value is -2.70. The van der Waals surface area contributed by atoms with Crippen molar-refractivity contribution in [1.29, 1.82) is 0 Å². The Balaban J connectivity index is 1.95. The smallest absolute Gasteiger partial charge is 0.253 e. The van der Waals surface area contributed by atoms with Crippen LogP contribution in [0.25, 0.3) is 11.1 Å². The minimum Gasteiger partial charge on any atom is -0.369 e. The molecule has 1 fully saturated rings. The highest BCUT2D eigenvalue weighted by atomic mass is 35.5. The molecule has 164 valence electrons. The molecule has 6 nitrogen and oxygen atoms in total. The molecule has 3 rings (SSSR count). The number of imide groups is 1. The molecule has 1 aliphatic rings. The van der Waals surface area contributed by atoms with Gasteiger partial charge in [0.25, 0.3) is 5.91 Å². The van der Waals surface area contributed by atoms with Crippen LogP contribution in [0.2, 0.25) is 5.02 Å². The van der Waals surface area contributed by atoms with Crippen LogP contribution in [0.15, 0.2) is 42.5 Å². The Morgan fingerprint density at radius 1 is 1.26 bits per heavy atom. The maximum Gasteiger partial charge on any atom is 0.253 e. The number of carbonyl (C=O) groups excluding carboxylic acids is 3. The SMILES string of the molecule is CCCC(C(=O)NC=O)c1cccc(-c2ccc(N3C(=O)COCC3(C)C)cc2)c1Cl. The van der Waals surface area contributed by atoms with Crippen LogP contribution in [0.3, 0.4) is 0 Å². The van der Waals surface area contributed by atoms with Crippen LogP contribution in [0.4, 0.5) is 5.69 Å². The summed E-state index contributed by atoms with van der Waals surface area (Å²) in [5, 5.41) is 2.73. The monoisotopic (exact) mass is 442 g/mol. The molecule has 7 heteroatoms. The molecule has 0 aliphatic carbocycles. The second-order valence-electron chi connectivity index (χ2n) is 8.26. The summed E-state index contributed by atoms with van der Waals surface area (Å²) >= 11 is 6.73. The van der Waals surface area contributed by atoms with Crippen molar-refractivity contribution in [2.24, 2.45) is 0 Å². The molecule has 0 bridgehead atoms. The standard InChI is InChI=1S/C24H27ClN2O4/c1-4-6-20(23(30)26-15-28)19-8-5-7-18(22(19)25)16-9-11-17(12-10-16)27-21(29)13-31-14-24(27,2)3/h5,7-12,15,20H,4,6,13-14H2,1-3H3,(H,26,28,30). The van der Waals surface area contributed by atoms with Crippen LogP contribution in [-0.4, -0.2) is 37.0 Å². The summed E-state index contributed by atoms with van der Waals surface area (Å²) in [5.74, 6) is -0.944. The van der Waals surface area contributed by atoms with Gasteiger partial charge in [0.1, 0.15) is 6.61 Å². The highest BCUT2D eigenvalue weighted by Gasteiger charge is 2.36. The van der Waals surface area contributed by atoms with E-state index in [9.17, 15) is 14.4 Å². The van der Waals surface area contributed by atoms with Crippen molar-refractivity contribution in [2.45, 2.75) is 45.1 Å². The van der Waals surface area contributed by atoms with E-state index in [1.807, 2.05) is 63.2 Å². The Bertz CT molecular complexity index is 972. The first-order chi connectivity index (χ1) is 14.8. The maximum absolute atomic E-state index is 12.4. The van der Waals surface area contributed by atoms with Gasteiger partial charge in [-0.3, -0.25) is 19.7 Å². The molecular formula is C24H27ClN2O4. The summed E-state index contributed by atoms with van der Waals surface area (Å²) < 4.78 is 5.39. The van der Waals surface area contributed by atoms with Gasteiger partial charge in [-0.15, -0.1) is 0 Å². The molecule has 31 heavy (non-hydrogen) atoms. The first-order valence-electron chi connectivity index (χ1n) is 10.3. The van der Waals surface area contributed by atoms with Gasteiger partial charge in [-0.05, 0) is 43.5 Å². The Kier molecular flexibility index (Phi) is 7.13. The Labute approximate surface area is 187 Å². The fourth-order valence-electron chi connectivity index (χ4n) is 4.06. The van der Waals surface area contributed by atoms with E-state index in [1.54, 1.807) is 4.90 Å². The van der Waals surface area contributed by atoms with Crippen LogP contribution in [0.5, 0.6) is 0 Å². The topological polar surface area (TPSA) is 75.7 Å². The zero-order valence-corrected chi connectivity index (χ0v) is 18.7. The lowest BCUT2D eigenvalue weighted by Crippen LogP contribution is -2.56. The maximum atomic E-state index is 12.4. The van der Waals surface area contributed by atoms with Gasteiger partial charge in [0.05, 0.1) is 23.1 Å². The number of halogens is 1. The lowest BCUT2D eigenvalue weighted by molar-refractivity contribution is -0.129. The molecule has 0 radical (unpaired) electrons. The molecule has 1 heterocycles. The van der Waals surface area contributed by atoms with Crippen LogP contribution in [0.1, 0.15) is 45.1 Å². The number of anilines is 1. The van der Waals surface area contributed by atoms with E-state index in [0.717, 1.165) is 23.2 Å². The number of nitrogens with zero attached hydrogens (tertiary/aromatic N) is 1. The number of rotatable bonds is 7. The number of hydrogen-bond acceptors (Lipinski definition) is 4. The zero-order valence-electron chi connectivity index (χ0n) is 18.0. The summed E-state index contributed by atoms with van der Waals surface area (Å²) in [4.78, 5) is 37.4. The number of carbonyl (C=O) groups is 3. The lowest BCUT2D eigenvalue weighted by Gasteiger charge is -2.41. The van der Waals surface area contributed by atoms with Crippen molar-refractivity contribution >= 4 is 35.5 Å². The largest absolute Gasteiger partial charge is 0.369 e. The molecule has 1 N–H and O–H groups in total. The van der Waals surface area contributed by atoms with E-state index in [-0.39, 0.29) is 18.4 Å². The third-order valence-electron chi connectivity index (χ3n) is 5.47. The average molecular weight is 443 g/mol. The van der Waals surface area contributed by atoms with Gasteiger partial charge in [-0.2, -0.15) is 0 Å². The number of nitrogens with one attached hydrogen (secondary N) is 1. The van der Waals surface area contributed by atoms with Crippen molar-refractivity contribution in [3.63, 3.8) is 0 Å². The van der Waals surface area contributed by atoms with E-state index < -0.39 is 11.5 Å². The van der Waals surface area contributed by atoms with Crippen LogP contribution < -0.4 is 10.2 Å². The van der Waals surface area contributed by atoms with Gasteiger partial charge in [0.15, 0.2) is 0 Å². The fourth-order valence-corrected chi connectivity index (χ4v) is 4.42. The lowest BCUT2D eigenvalue weighted by atomic mass is 9.90. The first-order valence-corrected chi connectivity index (χ1v) is 10.7.